The Hall–Kier alpha value is -1.07. The average Bonchev–Trinajstić information content (AvgIpc) is 2.40. The third-order valence-electron chi connectivity index (χ3n) is 3.09. The minimum absolute atomic E-state index is 0.0484. The molecular formula is C13H17BrN2O2. The molecular weight excluding hydrogens is 296 g/mol. The minimum Gasteiger partial charge on any atom is -0.497 e. The SMILES string of the molecule is COc1ccc(Br)c(C(=O)NC2CCNCC2)c1. The van der Waals surface area contributed by atoms with Gasteiger partial charge in [-0.1, -0.05) is 0 Å². The number of methoxy groups -OCH3 is 1. The lowest BCUT2D eigenvalue weighted by Gasteiger charge is -2.23. The number of amides is 1. The van der Waals surface area contributed by atoms with E-state index in [-0.39, 0.29) is 11.9 Å². The van der Waals surface area contributed by atoms with E-state index in [1.165, 1.54) is 0 Å². The molecule has 98 valence electrons. The van der Waals surface area contributed by atoms with Crippen LogP contribution in [0.1, 0.15) is 23.2 Å². The van der Waals surface area contributed by atoms with Gasteiger partial charge in [0.05, 0.1) is 12.7 Å². The Kier molecular flexibility index (Phi) is 4.60. The van der Waals surface area contributed by atoms with Crippen molar-refractivity contribution in [2.24, 2.45) is 0 Å². The molecule has 1 aromatic rings. The molecule has 0 aromatic heterocycles. The van der Waals surface area contributed by atoms with Crippen LogP contribution in [-0.2, 0) is 0 Å². The van der Waals surface area contributed by atoms with Crippen LogP contribution in [0.2, 0.25) is 0 Å². The predicted molar refractivity (Wildman–Crippen MR) is 74.1 cm³/mol. The van der Waals surface area contributed by atoms with Gasteiger partial charge in [-0.15, -0.1) is 0 Å². The lowest BCUT2D eigenvalue weighted by molar-refractivity contribution is 0.0928. The monoisotopic (exact) mass is 312 g/mol. The molecule has 1 saturated heterocycles. The maximum atomic E-state index is 12.2. The number of carbonyl (C=O) groups is 1. The Labute approximate surface area is 115 Å². The van der Waals surface area contributed by atoms with Crippen molar-refractivity contribution in [3.8, 4) is 5.75 Å². The Morgan fingerprint density at radius 1 is 1.44 bits per heavy atom. The van der Waals surface area contributed by atoms with Gasteiger partial charge in [0, 0.05) is 10.5 Å². The number of halogens is 1. The molecule has 0 aliphatic carbocycles. The van der Waals surface area contributed by atoms with Crippen molar-refractivity contribution in [2.75, 3.05) is 20.2 Å². The van der Waals surface area contributed by atoms with Crippen LogP contribution in [0.15, 0.2) is 22.7 Å². The van der Waals surface area contributed by atoms with E-state index in [2.05, 4.69) is 26.6 Å². The molecule has 1 aliphatic heterocycles. The number of ether oxygens (including phenoxy) is 1. The van der Waals surface area contributed by atoms with Crippen LogP contribution in [-0.4, -0.2) is 32.1 Å². The van der Waals surface area contributed by atoms with Crippen molar-refractivity contribution in [2.45, 2.75) is 18.9 Å². The molecule has 1 aliphatic rings. The molecule has 1 heterocycles. The molecule has 0 atom stereocenters. The zero-order valence-corrected chi connectivity index (χ0v) is 11.9. The van der Waals surface area contributed by atoms with Gasteiger partial charge in [0.2, 0.25) is 0 Å². The summed E-state index contributed by atoms with van der Waals surface area (Å²) in [6.07, 6.45) is 1.96. The maximum absolute atomic E-state index is 12.2. The molecule has 4 nitrogen and oxygen atoms in total. The third kappa shape index (κ3) is 3.23. The van der Waals surface area contributed by atoms with Crippen LogP contribution < -0.4 is 15.4 Å². The quantitative estimate of drug-likeness (QED) is 0.897. The Morgan fingerprint density at radius 3 is 2.83 bits per heavy atom. The summed E-state index contributed by atoms with van der Waals surface area (Å²) in [5.74, 6) is 0.640. The zero-order chi connectivity index (χ0) is 13.0. The third-order valence-corrected chi connectivity index (χ3v) is 3.78. The first-order valence-electron chi connectivity index (χ1n) is 6.06. The van der Waals surface area contributed by atoms with Gasteiger partial charge in [0.15, 0.2) is 0 Å². The Morgan fingerprint density at radius 2 is 2.17 bits per heavy atom. The van der Waals surface area contributed by atoms with Crippen LogP contribution in [0, 0.1) is 0 Å². The summed E-state index contributed by atoms with van der Waals surface area (Å²) in [5.41, 5.74) is 0.618. The topological polar surface area (TPSA) is 50.4 Å². The number of benzene rings is 1. The highest BCUT2D eigenvalue weighted by Crippen LogP contribution is 2.22. The fraction of sp³-hybridized carbons (Fsp3) is 0.462. The summed E-state index contributed by atoms with van der Waals surface area (Å²) in [4.78, 5) is 12.2. The van der Waals surface area contributed by atoms with E-state index >= 15 is 0 Å². The van der Waals surface area contributed by atoms with Crippen molar-refractivity contribution in [1.29, 1.82) is 0 Å². The normalized spacial score (nSPS) is 16.3. The van der Waals surface area contributed by atoms with E-state index in [9.17, 15) is 4.79 Å². The van der Waals surface area contributed by atoms with Crippen LogP contribution >= 0.6 is 15.9 Å². The summed E-state index contributed by atoms with van der Waals surface area (Å²) in [7, 11) is 1.59. The number of hydrogen-bond donors (Lipinski definition) is 2. The van der Waals surface area contributed by atoms with E-state index in [1.54, 1.807) is 13.2 Å². The van der Waals surface area contributed by atoms with E-state index in [0.717, 1.165) is 30.4 Å². The molecule has 1 aromatic carbocycles. The summed E-state index contributed by atoms with van der Waals surface area (Å²) in [5, 5.41) is 6.34. The van der Waals surface area contributed by atoms with Gasteiger partial charge in [0.1, 0.15) is 5.75 Å². The first kappa shape index (κ1) is 13.4. The molecule has 0 spiro atoms. The second kappa shape index (κ2) is 6.20. The van der Waals surface area contributed by atoms with Gasteiger partial charge < -0.3 is 15.4 Å². The highest BCUT2D eigenvalue weighted by atomic mass is 79.9. The lowest BCUT2D eigenvalue weighted by Crippen LogP contribution is -2.42. The van der Waals surface area contributed by atoms with Crippen molar-refractivity contribution in [3.63, 3.8) is 0 Å². The number of rotatable bonds is 3. The highest BCUT2D eigenvalue weighted by Gasteiger charge is 2.18. The Bertz CT molecular complexity index is 431. The van der Waals surface area contributed by atoms with E-state index < -0.39 is 0 Å². The van der Waals surface area contributed by atoms with Crippen LogP contribution in [0.4, 0.5) is 0 Å². The smallest absolute Gasteiger partial charge is 0.252 e. The molecule has 1 fully saturated rings. The maximum Gasteiger partial charge on any atom is 0.252 e. The second-order valence-corrected chi connectivity index (χ2v) is 5.20. The van der Waals surface area contributed by atoms with Crippen molar-refractivity contribution < 1.29 is 9.53 Å². The van der Waals surface area contributed by atoms with Gasteiger partial charge in [-0.05, 0) is 60.1 Å². The molecule has 2 N–H and O–H groups in total. The van der Waals surface area contributed by atoms with Gasteiger partial charge >= 0.3 is 0 Å². The lowest BCUT2D eigenvalue weighted by atomic mass is 10.1. The molecule has 0 radical (unpaired) electrons. The van der Waals surface area contributed by atoms with Gasteiger partial charge in [0.25, 0.3) is 5.91 Å². The molecule has 0 saturated carbocycles. The number of nitrogens with one attached hydrogen (secondary N) is 2. The molecule has 0 unspecified atom stereocenters. The minimum atomic E-state index is -0.0484. The summed E-state index contributed by atoms with van der Waals surface area (Å²) >= 11 is 3.40. The van der Waals surface area contributed by atoms with Crippen molar-refractivity contribution >= 4 is 21.8 Å². The van der Waals surface area contributed by atoms with Crippen molar-refractivity contribution in [3.05, 3.63) is 28.2 Å². The fourth-order valence-corrected chi connectivity index (χ4v) is 2.46. The summed E-state index contributed by atoms with van der Waals surface area (Å²) in [6.45, 7) is 1.93. The number of piperidine rings is 1. The number of hydrogen-bond acceptors (Lipinski definition) is 3. The van der Waals surface area contributed by atoms with E-state index in [1.807, 2.05) is 12.1 Å². The molecule has 18 heavy (non-hydrogen) atoms. The first-order chi connectivity index (χ1) is 8.70. The van der Waals surface area contributed by atoms with E-state index in [4.69, 9.17) is 4.74 Å². The van der Waals surface area contributed by atoms with Crippen LogP contribution in [0.5, 0.6) is 5.75 Å². The highest BCUT2D eigenvalue weighted by molar-refractivity contribution is 9.10. The average molecular weight is 313 g/mol. The molecule has 0 bridgehead atoms. The van der Waals surface area contributed by atoms with Crippen LogP contribution in [0.25, 0.3) is 0 Å². The second-order valence-electron chi connectivity index (χ2n) is 4.34. The van der Waals surface area contributed by atoms with Crippen LogP contribution in [0.3, 0.4) is 0 Å². The molecule has 1 amide bonds. The van der Waals surface area contributed by atoms with Gasteiger partial charge in [-0.2, -0.15) is 0 Å². The number of carbonyl (C=O) groups excluding carboxylic acids is 1. The first-order valence-corrected chi connectivity index (χ1v) is 6.85. The summed E-state index contributed by atoms with van der Waals surface area (Å²) in [6, 6.07) is 5.67. The fourth-order valence-electron chi connectivity index (χ4n) is 2.03. The zero-order valence-electron chi connectivity index (χ0n) is 10.3. The molecule has 2 rings (SSSR count). The van der Waals surface area contributed by atoms with Gasteiger partial charge in [-0.25, -0.2) is 0 Å². The van der Waals surface area contributed by atoms with E-state index in [0.29, 0.717) is 11.3 Å². The summed E-state index contributed by atoms with van der Waals surface area (Å²) < 4.78 is 5.93. The molecule has 5 heteroatoms. The largest absolute Gasteiger partial charge is 0.497 e. The van der Waals surface area contributed by atoms with Gasteiger partial charge in [-0.3, -0.25) is 4.79 Å². The standard InChI is InChI=1S/C13H17BrN2O2/c1-18-10-2-3-12(14)11(8-10)13(17)16-9-4-6-15-7-5-9/h2-3,8-9,15H,4-7H2,1H3,(H,16,17). The predicted octanol–water partition coefficient (Wildman–Crippen LogP) is 1.94. The Balaban J connectivity index is 2.07. The van der Waals surface area contributed by atoms with Crippen molar-refractivity contribution in [1.82, 2.24) is 10.6 Å².